The van der Waals surface area contributed by atoms with Gasteiger partial charge in [0.15, 0.2) is 11.4 Å². The van der Waals surface area contributed by atoms with Crippen molar-refractivity contribution in [1.82, 2.24) is 19.6 Å². The lowest BCUT2D eigenvalue weighted by molar-refractivity contribution is 0.0810. The van der Waals surface area contributed by atoms with Crippen LogP contribution in [0.1, 0.15) is 57.1 Å². The van der Waals surface area contributed by atoms with E-state index in [9.17, 15) is 15.0 Å². The van der Waals surface area contributed by atoms with Crippen molar-refractivity contribution in [2.45, 2.75) is 47.1 Å². The van der Waals surface area contributed by atoms with E-state index in [1.807, 2.05) is 13.8 Å². The lowest BCUT2D eigenvalue weighted by atomic mass is 10.0. The van der Waals surface area contributed by atoms with Gasteiger partial charge >= 0.3 is 0 Å². The number of hydrogen-bond acceptors (Lipinski definition) is 9. The van der Waals surface area contributed by atoms with Crippen LogP contribution < -0.4 is 10.6 Å². The zero-order valence-electron chi connectivity index (χ0n) is 21.5. The number of nitrogens with zero attached hydrogens (tertiary/aromatic N) is 3. The number of pyridine rings is 1. The third kappa shape index (κ3) is 5.85. The standard InChI is InChI=1S/C25H34N6O4S/c1-13(2)11-14(3)17-8-10-31(16(17)5)25(34)20-21(32)18(7-9-27-20)29-24-19(23(33)30-36-24)22(26)28-12-15(4)35-6/h7,9,11,13,15,32H,8,10,12H2,1-6H3,(H2,26,28)(H,27,29)(H,30,33)/b14-11-. The molecular formula is C25H34N6O4S. The number of rotatable bonds is 9. The number of nitrogens with one attached hydrogen (secondary N) is 3. The minimum Gasteiger partial charge on any atom is -0.504 e. The van der Waals surface area contributed by atoms with E-state index < -0.39 is 5.91 Å². The first-order chi connectivity index (χ1) is 17.0. The quantitative estimate of drug-likeness (QED) is 0.245. The van der Waals surface area contributed by atoms with Crippen molar-refractivity contribution in [3.63, 3.8) is 0 Å². The molecule has 3 rings (SSSR count). The molecule has 0 saturated carbocycles. The summed E-state index contributed by atoms with van der Waals surface area (Å²) < 4.78 is 9.10. The molecule has 0 fully saturated rings. The van der Waals surface area contributed by atoms with Gasteiger partial charge in [-0.25, -0.2) is 4.98 Å². The molecule has 194 valence electrons. The monoisotopic (exact) mass is 514 g/mol. The molecule has 5 N–H and O–H groups in total. The molecule has 1 aliphatic heterocycles. The summed E-state index contributed by atoms with van der Waals surface area (Å²) in [4.78, 5) is 19.1. The summed E-state index contributed by atoms with van der Waals surface area (Å²) in [5, 5.41) is 35.7. The molecule has 2 aromatic rings. The first-order valence-corrected chi connectivity index (χ1v) is 12.5. The van der Waals surface area contributed by atoms with Crippen LogP contribution in [0, 0.1) is 11.3 Å². The van der Waals surface area contributed by atoms with Gasteiger partial charge in [0.2, 0.25) is 5.88 Å². The molecule has 36 heavy (non-hydrogen) atoms. The van der Waals surface area contributed by atoms with Gasteiger partial charge in [-0.2, -0.15) is 4.37 Å². The number of aromatic nitrogens is 2. The van der Waals surface area contributed by atoms with Crippen LogP contribution in [0.25, 0.3) is 0 Å². The Morgan fingerprint density at radius 1 is 1.36 bits per heavy atom. The van der Waals surface area contributed by atoms with E-state index in [1.165, 1.54) is 12.3 Å². The van der Waals surface area contributed by atoms with Crippen LogP contribution in [0.4, 0.5) is 10.7 Å². The summed E-state index contributed by atoms with van der Waals surface area (Å²) in [6.07, 6.45) is 4.21. The Hall–Kier alpha value is -3.44. The zero-order valence-corrected chi connectivity index (χ0v) is 22.3. The number of amides is 1. The van der Waals surface area contributed by atoms with E-state index in [0.29, 0.717) is 24.0 Å². The van der Waals surface area contributed by atoms with Crippen molar-refractivity contribution in [1.29, 1.82) is 5.41 Å². The third-order valence-electron chi connectivity index (χ3n) is 6.00. The summed E-state index contributed by atoms with van der Waals surface area (Å²) in [7, 11) is 1.57. The molecule has 10 nitrogen and oxygen atoms in total. The maximum absolute atomic E-state index is 13.3. The number of methoxy groups -OCH3 is 1. The number of carbonyl (C=O) groups is 1. The summed E-state index contributed by atoms with van der Waals surface area (Å²) in [5.74, 6) is -0.668. The normalized spacial score (nSPS) is 15.0. The maximum atomic E-state index is 13.3. The Morgan fingerprint density at radius 3 is 2.75 bits per heavy atom. The lowest BCUT2D eigenvalue weighted by Gasteiger charge is -2.19. The van der Waals surface area contributed by atoms with Gasteiger partial charge in [-0.15, -0.1) is 0 Å². The Labute approximate surface area is 215 Å². The largest absolute Gasteiger partial charge is 0.504 e. The number of allylic oxidation sites excluding steroid dienone is 3. The number of amidine groups is 1. The van der Waals surface area contributed by atoms with Gasteiger partial charge in [-0.05, 0) is 61.9 Å². The molecule has 1 atom stereocenters. The number of hydrogen-bond donors (Lipinski definition) is 5. The van der Waals surface area contributed by atoms with E-state index in [4.69, 9.17) is 10.1 Å². The molecule has 3 heterocycles. The third-order valence-corrected chi connectivity index (χ3v) is 6.75. The van der Waals surface area contributed by atoms with Crippen molar-refractivity contribution in [3.05, 3.63) is 46.4 Å². The number of aromatic hydroxyl groups is 2. The molecule has 2 aromatic heterocycles. The predicted molar refractivity (Wildman–Crippen MR) is 141 cm³/mol. The van der Waals surface area contributed by atoms with Gasteiger partial charge in [-0.3, -0.25) is 10.2 Å². The van der Waals surface area contributed by atoms with E-state index in [1.54, 1.807) is 12.0 Å². The molecule has 1 unspecified atom stereocenters. The minimum absolute atomic E-state index is 0.0484. The summed E-state index contributed by atoms with van der Waals surface area (Å²) in [6, 6.07) is 1.52. The van der Waals surface area contributed by atoms with Crippen LogP contribution in [-0.2, 0) is 4.74 Å². The minimum atomic E-state index is -0.392. The smallest absolute Gasteiger partial charge is 0.280 e. The van der Waals surface area contributed by atoms with Crippen LogP contribution >= 0.6 is 11.5 Å². The second-order valence-electron chi connectivity index (χ2n) is 9.06. The van der Waals surface area contributed by atoms with Gasteiger partial charge in [0.25, 0.3) is 5.91 Å². The molecule has 0 aliphatic carbocycles. The molecule has 1 amide bonds. The summed E-state index contributed by atoms with van der Waals surface area (Å²) in [6.45, 7) is 10.9. The van der Waals surface area contributed by atoms with Crippen molar-refractivity contribution < 1.29 is 19.7 Å². The number of anilines is 2. The first kappa shape index (κ1) is 27.2. The molecule has 11 heteroatoms. The topological polar surface area (TPSA) is 144 Å². The SMILES string of the molecule is COC(C)CNC(=N)c1c(O)nsc1Nc1ccnc(C(=O)N2CCC(/C(C)=C\C(C)C)=C2C)c1O. The highest BCUT2D eigenvalue weighted by Gasteiger charge is 2.30. The number of carbonyl (C=O) groups excluding carboxylic acids is 1. The average Bonchev–Trinajstić information content (AvgIpc) is 3.39. The Morgan fingerprint density at radius 2 is 2.08 bits per heavy atom. The highest BCUT2D eigenvalue weighted by molar-refractivity contribution is 7.11. The molecule has 0 aromatic carbocycles. The maximum Gasteiger partial charge on any atom is 0.280 e. The van der Waals surface area contributed by atoms with Crippen molar-refractivity contribution in [3.8, 4) is 11.6 Å². The molecule has 0 radical (unpaired) electrons. The van der Waals surface area contributed by atoms with Crippen LogP contribution in [0.15, 0.2) is 35.2 Å². The second-order valence-corrected chi connectivity index (χ2v) is 9.83. The van der Waals surface area contributed by atoms with E-state index >= 15 is 0 Å². The van der Waals surface area contributed by atoms with E-state index in [0.717, 1.165) is 34.8 Å². The fourth-order valence-corrected chi connectivity index (χ4v) is 4.75. The van der Waals surface area contributed by atoms with Crippen LogP contribution in [0.5, 0.6) is 11.6 Å². The Kier molecular flexibility index (Phi) is 8.70. The first-order valence-electron chi connectivity index (χ1n) is 11.7. The summed E-state index contributed by atoms with van der Waals surface area (Å²) >= 11 is 0.932. The Bertz CT molecular complexity index is 1200. The van der Waals surface area contributed by atoms with Crippen LogP contribution in [-0.4, -0.2) is 62.5 Å². The van der Waals surface area contributed by atoms with Crippen molar-refractivity contribution in [2.75, 3.05) is 25.5 Å². The van der Waals surface area contributed by atoms with E-state index in [2.05, 4.69) is 46.8 Å². The molecular weight excluding hydrogens is 480 g/mol. The van der Waals surface area contributed by atoms with Crippen LogP contribution in [0.3, 0.4) is 0 Å². The lowest BCUT2D eigenvalue weighted by Crippen LogP contribution is -2.31. The average molecular weight is 515 g/mol. The summed E-state index contributed by atoms with van der Waals surface area (Å²) in [5.41, 5.74) is 3.43. The van der Waals surface area contributed by atoms with Gasteiger partial charge in [0.05, 0.1) is 11.8 Å². The second kappa shape index (κ2) is 11.5. The fourth-order valence-electron chi connectivity index (χ4n) is 4.04. The van der Waals surface area contributed by atoms with Crippen molar-refractivity contribution in [2.24, 2.45) is 5.92 Å². The highest BCUT2D eigenvalue weighted by Crippen LogP contribution is 2.37. The van der Waals surface area contributed by atoms with Gasteiger partial charge < -0.3 is 30.5 Å². The molecule has 0 saturated heterocycles. The van der Waals surface area contributed by atoms with Crippen molar-refractivity contribution >= 4 is 34.0 Å². The molecule has 0 bridgehead atoms. The molecule has 1 aliphatic rings. The van der Waals surface area contributed by atoms with Gasteiger partial charge in [-0.1, -0.05) is 19.9 Å². The highest BCUT2D eigenvalue weighted by atomic mass is 32.1. The van der Waals surface area contributed by atoms with Gasteiger partial charge in [0.1, 0.15) is 16.4 Å². The Balaban J connectivity index is 1.85. The van der Waals surface area contributed by atoms with Crippen LogP contribution in [0.2, 0.25) is 0 Å². The fraction of sp³-hybridized carbons (Fsp3) is 0.440. The van der Waals surface area contributed by atoms with Gasteiger partial charge in [0, 0.05) is 32.1 Å². The number of ether oxygens (including phenoxy) is 1. The van der Waals surface area contributed by atoms with E-state index in [-0.39, 0.29) is 40.5 Å². The zero-order chi connectivity index (χ0) is 26.6. The predicted octanol–water partition coefficient (Wildman–Crippen LogP) is 4.36. The molecule has 0 spiro atoms.